The highest BCUT2D eigenvalue weighted by Crippen LogP contribution is 2.36. The van der Waals surface area contributed by atoms with Crippen LogP contribution in [0.15, 0.2) is 12.1 Å². The zero-order chi connectivity index (χ0) is 16.1. The Morgan fingerprint density at radius 1 is 1.32 bits per heavy atom. The number of ether oxygens (including phenoxy) is 2. The van der Waals surface area contributed by atoms with Crippen LogP contribution >= 0.6 is 0 Å². The van der Waals surface area contributed by atoms with Gasteiger partial charge in [-0.1, -0.05) is 13.8 Å². The molecule has 0 saturated carbocycles. The Labute approximate surface area is 131 Å². The minimum Gasteiger partial charge on any atom is -0.495 e. The SMILES string of the molecule is CC.COc1cc2c(cc1N1CCB(C#N)CC1)COC2=O. The van der Waals surface area contributed by atoms with E-state index in [0.717, 1.165) is 37.0 Å². The first-order valence-electron chi connectivity index (χ1n) is 7.75. The lowest BCUT2D eigenvalue weighted by atomic mass is 9.45. The zero-order valence-corrected chi connectivity index (χ0v) is 13.4. The molecule has 0 amide bonds. The smallest absolute Gasteiger partial charge is 0.339 e. The van der Waals surface area contributed by atoms with Gasteiger partial charge in [0.25, 0.3) is 6.71 Å². The van der Waals surface area contributed by atoms with E-state index in [4.69, 9.17) is 14.7 Å². The van der Waals surface area contributed by atoms with Crippen molar-refractivity contribution in [2.75, 3.05) is 25.1 Å². The summed E-state index contributed by atoms with van der Waals surface area (Å²) in [5.74, 6) is 2.74. The maximum atomic E-state index is 11.6. The molecule has 0 unspecified atom stereocenters. The van der Waals surface area contributed by atoms with Gasteiger partial charge in [-0.25, -0.2) is 10.1 Å². The molecule has 1 fully saturated rings. The standard InChI is InChI=1S/C14H15BN2O3.C2H6/c1-19-13-7-11-10(8-20-14(11)18)6-12(13)17-4-2-15(9-16)3-5-17;1-2/h6-7H,2-5,8H2,1H3;1-2H3. The van der Waals surface area contributed by atoms with Crippen molar-refractivity contribution < 1.29 is 14.3 Å². The number of fused-ring (bicyclic) bond motifs is 1. The lowest BCUT2D eigenvalue weighted by molar-refractivity contribution is 0.0535. The molecule has 22 heavy (non-hydrogen) atoms. The summed E-state index contributed by atoms with van der Waals surface area (Å²) in [7, 11) is 1.60. The summed E-state index contributed by atoms with van der Waals surface area (Å²) < 4.78 is 10.5. The van der Waals surface area contributed by atoms with Gasteiger partial charge in [0.15, 0.2) is 0 Å². The van der Waals surface area contributed by atoms with Crippen LogP contribution < -0.4 is 9.64 Å². The Morgan fingerprint density at radius 2 is 2.00 bits per heavy atom. The van der Waals surface area contributed by atoms with Crippen molar-refractivity contribution in [3.05, 3.63) is 23.3 Å². The fraction of sp³-hybridized carbons (Fsp3) is 0.500. The van der Waals surface area contributed by atoms with Crippen molar-refractivity contribution in [3.63, 3.8) is 0 Å². The largest absolute Gasteiger partial charge is 0.495 e. The number of carbonyl (C=O) groups is 1. The summed E-state index contributed by atoms with van der Waals surface area (Å²) in [6.07, 6.45) is 1.73. The van der Waals surface area contributed by atoms with E-state index in [9.17, 15) is 4.79 Å². The van der Waals surface area contributed by atoms with Gasteiger partial charge in [-0.15, -0.1) is 0 Å². The third kappa shape index (κ3) is 3.04. The van der Waals surface area contributed by atoms with Crippen molar-refractivity contribution >= 4 is 18.4 Å². The van der Waals surface area contributed by atoms with Crippen LogP contribution in [-0.4, -0.2) is 32.9 Å². The van der Waals surface area contributed by atoms with Crippen LogP contribution in [0.3, 0.4) is 0 Å². The topological polar surface area (TPSA) is 62.6 Å². The van der Waals surface area contributed by atoms with Crippen molar-refractivity contribution in [3.8, 4) is 11.7 Å². The summed E-state index contributed by atoms with van der Waals surface area (Å²) >= 11 is 0. The third-order valence-electron chi connectivity index (χ3n) is 4.00. The Balaban J connectivity index is 0.000000847. The van der Waals surface area contributed by atoms with E-state index in [1.54, 1.807) is 13.2 Å². The summed E-state index contributed by atoms with van der Waals surface area (Å²) in [6.45, 7) is 6.15. The molecule has 1 aromatic rings. The second-order valence-electron chi connectivity index (χ2n) is 5.15. The van der Waals surface area contributed by atoms with Gasteiger partial charge in [0.1, 0.15) is 12.4 Å². The fourth-order valence-corrected chi connectivity index (χ4v) is 2.80. The first-order chi connectivity index (χ1) is 10.7. The quantitative estimate of drug-likeness (QED) is 0.621. The highest BCUT2D eigenvalue weighted by atomic mass is 16.5. The number of carbonyl (C=O) groups excluding carboxylic acids is 1. The average molecular weight is 300 g/mol. The zero-order valence-electron chi connectivity index (χ0n) is 13.4. The molecule has 2 aliphatic heterocycles. The van der Waals surface area contributed by atoms with Gasteiger partial charge in [0, 0.05) is 24.6 Å². The maximum absolute atomic E-state index is 11.6. The van der Waals surface area contributed by atoms with E-state index in [0.29, 0.717) is 17.9 Å². The number of nitrogens with zero attached hydrogens (tertiary/aromatic N) is 2. The molecule has 116 valence electrons. The molecule has 5 nitrogen and oxygen atoms in total. The lowest BCUT2D eigenvalue weighted by Crippen LogP contribution is -2.36. The van der Waals surface area contributed by atoms with Crippen LogP contribution in [0.5, 0.6) is 5.75 Å². The number of cyclic esters (lactones) is 1. The van der Waals surface area contributed by atoms with Crippen molar-refractivity contribution in [2.24, 2.45) is 0 Å². The molecule has 0 atom stereocenters. The predicted molar refractivity (Wildman–Crippen MR) is 86.7 cm³/mol. The number of anilines is 1. The van der Waals surface area contributed by atoms with Gasteiger partial charge in [-0.05, 0) is 24.8 Å². The number of rotatable bonds is 2. The van der Waals surface area contributed by atoms with Crippen molar-refractivity contribution in [2.45, 2.75) is 33.1 Å². The number of hydrogen-bond donors (Lipinski definition) is 0. The van der Waals surface area contributed by atoms with Crippen LogP contribution in [0.1, 0.15) is 29.8 Å². The summed E-state index contributed by atoms with van der Waals surface area (Å²) in [5.41, 5.74) is 2.49. The first-order valence-corrected chi connectivity index (χ1v) is 7.75. The highest BCUT2D eigenvalue weighted by molar-refractivity contribution is 6.67. The molecular weight excluding hydrogens is 279 g/mol. The number of hydrogen-bond acceptors (Lipinski definition) is 5. The molecule has 0 N–H and O–H groups in total. The van der Waals surface area contributed by atoms with E-state index in [1.165, 1.54) is 0 Å². The van der Waals surface area contributed by atoms with Gasteiger partial charge in [0.05, 0.1) is 18.4 Å². The van der Waals surface area contributed by atoms with Crippen LogP contribution in [0.25, 0.3) is 0 Å². The molecule has 0 aliphatic carbocycles. The Hall–Kier alpha value is -2.16. The van der Waals surface area contributed by atoms with Gasteiger partial charge in [-0.3, -0.25) is 0 Å². The third-order valence-corrected chi connectivity index (χ3v) is 4.00. The highest BCUT2D eigenvalue weighted by Gasteiger charge is 2.28. The van der Waals surface area contributed by atoms with Crippen LogP contribution in [0.2, 0.25) is 12.6 Å². The number of methoxy groups -OCH3 is 1. The molecule has 3 rings (SSSR count). The number of nitriles is 1. The van der Waals surface area contributed by atoms with Gasteiger partial charge < -0.3 is 14.4 Å². The minimum atomic E-state index is -0.284. The van der Waals surface area contributed by atoms with Gasteiger partial charge >= 0.3 is 5.97 Å². The molecule has 0 aromatic heterocycles. The second-order valence-corrected chi connectivity index (χ2v) is 5.15. The van der Waals surface area contributed by atoms with Crippen LogP contribution in [0, 0.1) is 11.2 Å². The predicted octanol–water partition coefficient (Wildman–Crippen LogP) is 2.77. The van der Waals surface area contributed by atoms with E-state index in [-0.39, 0.29) is 12.7 Å². The van der Waals surface area contributed by atoms with E-state index >= 15 is 0 Å². The minimum absolute atomic E-state index is 0.150. The lowest BCUT2D eigenvalue weighted by Gasteiger charge is -2.31. The second kappa shape index (κ2) is 7.21. The molecular formula is C16H21BN2O3. The summed E-state index contributed by atoms with van der Waals surface area (Å²) in [4.78, 5) is 13.8. The molecule has 0 spiro atoms. The Bertz CT molecular complexity index is 590. The van der Waals surface area contributed by atoms with Crippen molar-refractivity contribution in [1.29, 1.82) is 5.26 Å². The Morgan fingerprint density at radius 3 is 2.59 bits per heavy atom. The molecule has 2 aliphatic rings. The number of esters is 1. The average Bonchev–Trinajstić information content (AvgIpc) is 2.96. The van der Waals surface area contributed by atoms with Gasteiger partial charge in [0.2, 0.25) is 0 Å². The molecule has 6 heteroatoms. The van der Waals surface area contributed by atoms with E-state index < -0.39 is 0 Å². The molecule has 2 heterocycles. The fourth-order valence-electron chi connectivity index (χ4n) is 2.80. The van der Waals surface area contributed by atoms with Crippen molar-refractivity contribution in [1.82, 2.24) is 0 Å². The number of benzene rings is 1. The summed E-state index contributed by atoms with van der Waals surface area (Å²) in [5, 5.41) is 8.96. The van der Waals surface area contributed by atoms with E-state index in [1.807, 2.05) is 19.9 Å². The molecule has 1 aromatic carbocycles. The van der Waals surface area contributed by atoms with Crippen LogP contribution in [-0.2, 0) is 11.3 Å². The normalized spacial score (nSPS) is 16.2. The summed E-state index contributed by atoms with van der Waals surface area (Å²) in [6, 6.07) is 3.74. The molecule has 0 radical (unpaired) electrons. The Kier molecular flexibility index (Phi) is 5.32. The van der Waals surface area contributed by atoms with E-state index in [2.05, 4.69) is 10.9 Å². The first kappa shape index (κ1) is 16.2. The van der Waals surface area contributed by atoms with Gasteiger partial charge in [-0.2, -0.15) is 0 Å². The maximum Gasteiger partial charge on any atom is 0.339 e. The molecule has 0 bridgehead atoms. The van der Waals surface area contributed by atoms with Crippen LogP contribution in [0.4, 0.5) is 5.69 Å². The monoisotopic (exact) mass is 300 g/mol. The molecule has 1 saturated heterocycles.